The van der Waals surface area contributed by atoms with Crippen LogP contribution in [-0.2, 0) is 13.1 Å². The smallest absolute Gasteiger partial charge is 0.227 e. The highest BCUT2D eigenvalue weighted by Crippen LogP contribution is 2.27. The second kappa shape index (κ2) is 9.13. The second-order valence-corrected chi connectivity index (χ2v) is 8.03. The number of aromatic nitrogens is 3. The highest BCUT2D eigenvalue weighted by Gasteiger charge is 2.18. The first-order valence-corrected chi connectivity index (χ1v) is 10.5. The Hall–Kier alpha value is -3.12. The maximum absolute atomic E-state index is 5.29. The van der Waals surface area contributed by atoms with Crippen LogP contribution < -0.4 is 9.64 Å². The van der Waals surface area contributed by atoms with Gasteiger partial charge in [0, 0.05) is 23.6 Å². The largest absolute Gasteiger partial charge is 0.497 e. The fourth-order valence-corrected chi connectivity index (χ4v) is 3.80. The van der Waals surface area contributed by atoms with Gasteiger partial charge in [-0.05, 0) is 35.4 Å². The summed E-state index contributed by atoms with van der Waals surface area (Å²) in [6.45, 7) is 1.41. The normalized spacial score (nSPS) is 10.8. The summed E-state index contributed by atoms with van der Waals surface area (Å²) in [7, 11) is 3.73. The minimum Gasteiger partial charge on any atom is -0.497 e. The monoisotopic (exact) mass is 462 g/mol. The Bertz CT molecular complexity index is 1110. The molecule has 0 spiro atoms. The molecule has 0 atom stereocenters. The summed E-state index contributed by atoms with van der Waals surface area (Å²) in [6.07, 6.45) is 0. The highest BCUT2D eigenvalue weighted by atomic mass is 79.9. The minimum absolute atomic E-state index is 0.660. The Morgan fingerprint density at radius 3 is 2.37 bits per heavy atom. The van der Waals surface area contributed by atoms with Crippen LogP contribution in [-0.4, -0.2) is 28.9 Å². The van der Waals surface area contributed by atoms with Gasteiger partial charge >= 0.3 is 0 Å². The third kappa shape index (κ3) is 4.54. The lowest BCUT2D eigenvalue weighted by molar-refractivity contribution is 0.414. The number of methoxy groups -OCH3 is 1. The molecule has 0 saturated carbocycles. The highest BCUT2D eigenvalue weighted by molar-refractivity contribution is 9.10. The van der Waals surface area contributed by atoms with E-state index < -0.39 is 0 Å². The van der Waals surface area contributed by atoms with Gasteiger partial charge in [-0.3, -0.25) is 4.57 Å². The first-order valence-electron chi connectivity index (χ1n) is 9.71. The van der Waals surface area contributed by atoms with Crippen molar-refractivity contribution in [3.05, 3.63) is 94.5 Å². The van der Waals surface area contributed by atoms with E-state index in [0.29, 0.717) is 6.54 Å². The van der Waals surface area contributed by atoms with Crippen molar-refractivity contribution in [2.75, 3.05) is 19.1 Å². The fraction of sp³-hybridized carbons (Fsp3) is 0.167. The molecule has 0 radical (unpaired) electrons. The van der Waals surface area contributed by atoms with Crippen LogP contribution in [0.2, 0.25) is 0 Å². The van der Waals surface area contributed by atoms with Gasteiger partial charge in [0.2, 0.25) is 5.95 Å². The summed E-state index contributed by atoms with van der Waals surface area (Å²) < 4.78 is 8.47. The average molecular weight is 463 g/mol. The molecule has 6 heteroatoms. The van der Waals surface area contributed by atoms with Crippen LogP contribution in [0.5, 0.6) is 5.75 Å². The number of hydrogen-bond donors (Lipinski definition) is 0. The molecule has 0 bridgehead atoms. The van der Waals surface area contributed by atoms with Crippen LogP contribution in [0.3, 0.4) is 0 Å². The van der Waals surface area contributed by atoms with Crippen LogP contribution in [0.15, 0.2) is 83.3 Å². The van der Waals surface area contributed by atoms with Crippen LogP contribution in [0, 0.1) is 0 Å². The Kier molecular flexibility index (Phi) is 6.14. The van der Waals surface area contributed by atoms with E-state index in [0.717, 1.165) is 39.7 Å². The molecule has 152 valence electrons. The van der Waals surface area contributed by atoms with Gasteiger partial charge in [0.25, 0.3) is 0 Å². The maximum atomic E-state index is 5.29. The van der Waals surface area contributed by atoms with Crippen LogP contribution in [0.25, 0.3) is 11.4 Å². The quantitative estimate of drug-likeness (QED) is 0.368. The molecular formula is C24H23BrN4O. The molecule has 1 heterocycles. The molecule has 4 aromatic rings. The number of benzene rings is 3. The van der Waals surface area contributed by atoms with Gasteiger partial charge in [-0.25, -0.2) is 0 Å². The molecule has 0 aliphatic rings. The average Bonchev–Trinajstić information content (AvgIpc) is 3.18. The summed E-state index contributed by atoms with van der Waals surface area (Å²) in [5.41, 5.74) is 3.40. The van der Waals surface area contributed by atoms with Crippen LogP contribution >= 0.6 is 15.9 Å². The Labute approximate surface area is 185 Å². The van der Waals surface area contributed by atoms with Crippen molar-refractivity contribution in [3.63, 3.8) is 0 Å². The molecule has 0 aliphatic carbocycles. The van der Waals surface area contributed by atoms with E-state index in [2.05, 4.69) is 84.1 Å². The summed E-state index contributed by atoms with van der Waals surface area (Å²) >= 11 is 3.56. The standard InChI is InChI=1S/C24H23BrN4O/c1-28(16-18-7-4-3-5-8-18)24-27-26-23(20-9-6-10-21(25)15-20)29(24)17-19-11-13-22(30-2)14-12-19/h3-15H,16-17H2,1-2H3. The number of hydrogen-bond acceptors (Lipinski definition) is 4. The molecule has 0 aliphatic heterocycles. The molecule has 0 N–H and O–H groups in total. The van der Waals surface area contributed by atoms with E-state index >= 15 is 0 Å². The Morgan fingerprint density at radius 1 is 0.900 bits per heavy atom. The van der Waals surface area contributed by atoms with E-state index in [4.69, 9.17) is 4.74 Å². The van der Waals surface area contributed by atoms with Crippen molar-refractivity contribution >= 4 is 21.9 Å². The first kappa shape index (κ1) is 20.2. The number of rotatable bonds is 7. The summed E-state index contributed by atoms with van der Waals surface area (Å²) in [5.74, 6) is 2.50. The second-order valence-electron chi connectivity index (χ2n) is 7.11. The molecule has 1 aromatic heterocycles. The molecule has 4 rings (SSSR count). The SMILES string of the molecule is COc1ccc(Cn2c(-c3cccc(Br)c3)nnc2N(C)Cc2ccccc2)cc1. The zero-order chi connectivity index (χ0) is 20.9. The topological polar surface area (TPSA) is 43.2 Å². The van der Waals surface area contributed by atoms with Crippen molar-refractivity contribution in [2.24, 2.45) is 0 Å². The lowest BCUT2D eigenvalue weighted by atomic mass is 10.2. The van der Waals surface area contributed by atoms with Crippen LogP contribution in [0.1, 0.15) is 11.1 Å². The van der Waals surface area contributed by atoms with E-state index in [1.807, 2.05) is 37.4 Å². The van der Waals surface area contributed by atoms with E-state index in [9.17, 15) is 0 Å². The molecular weight excluding hydrogens is 440 g/mol. The predicted octanol–water partition coefficient (Wildman–Crippen LogP) is 5.40. The van der Waals surface area contributed by atoms with Crippen molar-refractivity contribution in [3.8, 4) is 17.1 Å². The van der Waals surface area contributed by atoms with Crippen molar-refractivity contribution in [1.29, 1.82) is 0 Å². The van der Waals surface area contributed by atoms with Gasteiger partial charge in [-0.1, -0.05) is 70.5 Å². The maximum Gasteiger partial charge on any atom is 0.227 e. The molecule has 30 heavy (non-hydrogen) atoms. The van der Waals surface area contributed by atoms with E-state index in [1.54, 1.807) is 7.11 Å². The molecule has 0 fully saturated rings. The predicted molar refractivity (Wildman–Crippen MR) is 124 cm³/mol. The van der Waals surface area contributed by atoms with Gasteiger partial charge in [0.15, 0.2) is 5.82 Å². The van der Waals surface area contributed by atoms with Gasteiger partial charge < -0.3 is 9.64 Å². The minimum atomic E-state index is 0.660. The van der Waals surface area contributed by atoms with Gasteiger partial charge in [0.05, 0.1) is 13.7 Å². The fourth-order valence-electron chi connectivity index (χ4n) is 3.41. The number of ether oxygens (including phenoxy) is 1. The summed E-state index contributed by atoms with van der Waals surface area (Å²) in [4.78, 5) is 2.13. The van der Waals surface area contributed by atoms with Crippen LogP contribution in [0.4, 0.5) is 5.95 Å². The number of nitrogens with zero attached hydrogens (tertiary/aromatic N) is 4. The number of anilines is 1. The zero-order valence-electron chi connectivity index (χ0n) is 17.0. The number of halogens is 1. The summed E-state index contributed by atoms with van der Waals surface area (Å²) in [6, 6.07) is 26.6. The molecule has 3 aromatic carbocycles. The van der Waals surface area contributed by atoms with E-state index in [1.165, 1.54) is 5.56 Å². The van der Waals surface area contributed by atoms with Gasteiger partial charge in [-0.2, -0.15) is 0 Å². The molecule has 5 nitrogen and oxygen atoms in total. The third-order valence-electron chi connectivity index (χ3n) is 4.92. The first-order chi connectivity index (χ1) is 14.6. The van der Waals surface area contributed by atoms with Gasteiger partial charge in [-0.15, -0.1) is 10.2 Å². The zero-order valence-corrected chi connectivity index (χ0v) is 18.6. The lowest BCUT2D eigenvalue weighted by Crippen LogP contribution is -2.21. The Morgan fingerprint density at radius 2 is 1.67 bits per heavy atom. The lowest BCUT2D eigenvalue weighted by Gasteiger charge is -2.20. The van der Waals surface area contributed by atoms with Crippen molar-refractivity contribution < 1.29 is 4.74 Å². The molecule has 0 unspecified atom stereocenters. The van der Waals surface area contributed by atoms with Gasteiger partial charge in [0.1, 0.15) is 5.75 Å². The van der Waals surface area contributed by atoms with Crippen molar-refractivity contribution in [1.82, 2.24) is 14.8 Å². The Balaban J connectivity index is 1.71. The third-order valence-corrected chi connectivity index (χ3v) is 5.41. The molecule has 0 amide bonds. The van der Waals surface area contributed by atoms with Crippen molar-refractivity contribution in [2.45, 2.75) is 13.1 Å². The molecule has 0 saturated heterocycles. The van der Waals surface area contributed by atoms with E-state index in [-0.39, 0.29) is 0 Å². The summed E-state index contributed by atoms with van der Waals surface area (Å²) in [5, 5.41) is 9.09.